The third-order valence-electron chi connectivity index (χ3n) is 4.11. The molecule has 0 saturated carbocycles. The molecule has 7 nitrogen and oxygen atoms in total. The zero-order valence-corrected chi connectivity index (χ0v) is 12.5. The van der Waals surface area contributed by atoms with Gasteiger partial charge >= 0.3 is 0 Å². The topological polar surface area (TPSA) is 90.6 Å². The molecule has 118 valence electrons. The molecular formula is C16H16N4O3. The van der Waals surface area contributed by atoms with Gasteiger partial charge in [0.2, 0.25) is 18.6 Å². The van der Waals surface area contributed by atoms with E-state index in [1.165, 1.54) is 0 Å². The molecule has 0 aliphatic carbocycles. The van der Waals surface area contributed by atoms with Crippen LogP contribution in [0.1, 0.15) is 16.8 Å². The predicted molar refractivity (Wildman–Crippen MR) is 81.8 cm³/mol. The van der Waals surface area contributed by atoms with Crippen molar-refractivity contribution in [3.05, 3.63) is 41.2 Å². The van der Waals surface area contributed by atoms with Crippen molar-refractivity contribution in [3.63, 3.8) is 0 Å². The Balaban J connectivity index is 1.47. The quantitative estimate of drug-likeness (QED) is 0.886. The standard InChI is InChI=1S/C16H16N4O3/c17-16-18-7-11-3-4-20(8-12(11)19-16)15(21)6-10-1-2-13-14(5-10)23-9-22-13/h1-2,5,7H,3-4,6,8-9H2,(H2,17,18,19). The molecule has 7 heteroatoms. The number of amides is 1. The summed E-state index contributed by atoms with van der Waals surface area (Å²) in [6, 6.07) is 5.59. The molecule has 1 amide bonds. The molecule has 2 N–H and O–H groups in total. The van der Waals surface area contributed by atoms with Gasteiger partial charge in [-0.3, -0.25) is 4.79 Å². The van der Waals surface area contributed by atoms with E-state index in [4.69, 9.17) is 15.2 Å². The van der Waals surface area contributed by atoms with Gasteiger partial charge in [0.15, 0.2) is 11.5 Å². The van der Waals surface area contributed by atoms with Crippen LogP contribution in [-0.2, 0) is 24.2 Å². The van der Waals surface area contributed by atoms with E-state index in [-0.39, 0.29) is 18.6 Å². The van der Waals surface area contributed by atoms with Crippen LogP contribution in [0.25, 0.3) is 0 Å². The molecule has 2 aliphatic heterocycles. The molecule has 3 heterocycles. The van der Waals surface area contributed by atoms with Crippen molar-refractivity contribution < 1.29 is 14.3 Å². The van der Waals surface area contributed by atoms with E-state index in [0.29, 0.717) is 25.3 Å². The number of aromatic nitrogens is 2. The van der Waals surface area contributed by atoms with Gasteiger partial charge in [0.1, 0.15) is 0 Å². The lowest BCUT2D eigenvalue weighted by Crippen LogP contribution is -2.37. The average Bonchev–Trinajstić information content (AvgIpc) is 3.01. The highest BCUT2D eigenvalue weighted by atomic mass is 16.7. The fourth-order valence-corrected chi connectivity index (χ4v) is 2.87. The number of nitrogen functional groups attached to an aromatic ring is 1. The first-order chi connectivity index (χ1) is 11.2. The fourth-order valence-electron chi connectivity index (χ4n) is 2.87. The van der Waals surface area contributed by atoms with E-state index in [0.717, 1.165) is 29.0 Å². The average molecular weight is 312 g/mol. The number of fused-ring (bicyclic) bond motifs is 2. The van der Waals surface area contributed by atoms with Crippen LogP contribution in [0.15, 0.2) is 24.4 Å². The summed E-state index contributed by atoms with van der Waals surface area (Å²) in [4.78, 5) is 22.6. The Hall–Kier alpha value is -2.83. The summed E-state index contributed by atoms with van der Waals surface area (Å²) in [5.74, 6) is 1.72. The smallest absolute Gasteiger partial charge is 0.231 e. The van der Waals surface area contributed by atoms with Gasteiger partial charge in [-0.2, -0.15) is 0 Å². The molecule has 1 aromatic carbocycles. The normalized spacial score (nSPS) is 15.4. The van der Waals surface area contributed by atoms with Crippen LogP contribution in [0.3, 0.4) is 0 Å². The number of hydrogen-bond donors (Lipinski definition) is 1. The number of nitrogens with two attached hydrogens (primary N) is 1. The molecule has 0 atom stereocenters. The summed E-state index contributed by atoms with van der Waals surface area (Å²) in [7, 11) is 0. The monoisotopic (exact) mass is 312 g/mol. The van der Waals surface area contributed by atoms with Gasteiger partial charge in [-0.1, -0.05) is 6.07 Å². The van der Waals surface area contributed by atoms with Crippen molar-refractivity contribution in [2.75, 3.05) is 19.1 Å². The van der Waals surface area contributed by atoms with Crippen LogP contribution in [0, 0.1) is 0 Å². The minimum Gasteiger partial charge on any atom is -0.454 e. The molecule has 0 radical (unpaired) electrons. The van der Waals surface area contributed by atoms with Crippen molar-refractivity contribution >= 4 is 11.9 Å². The molecule has 23 heavy (non-hydrogen) atoms. The SMILES string of the molecule is Nc1ncc2c(n1)CN(C(=O)Cc1ccc3c(c1)OCO3)CC2. The maximum atomic E-state index is 12.5. The molecule has 2 aliphatic rings. The minimum atomic E-state index is 0.0618. The Morgan fingerprint density at radius 3 is 3.09 bits per heavy atom. The third-order valence-corrected chi connectivity index (χ3v) is 4.11. The third kappa shape index (κ3) is 2.65. The molecule has 2 aromatic rings. The van der Waals surface area contributed by atoms with Gasteiger partial charge in [-0.25, -0.2) is 9.97 Å². The minimum absolute atomic E-state index is 0.0618. The number of nitrogens with zero attached hydrogens (tertiary/aromatic N) is 3. The number of anilines is 1. The number of hydrogen-bond acceptors (Lipinski definition) is 6. The molecule has 1 aromatic heterocycles. The highest BCUT2D eigenvalue weighted by Crippen LogP contribution is 2.32. The van der Waals surface area contributed by atoms with Crippen molar-refractivity contribution in [2.45, 2.75) is 19.4 Å². The van der Waals surface area contributed by atoms with Crippen molar-refractivity contribution in [1.82, 2.24) is 14.9 Å². The van der Waals surface area contributed by atoms with Crippen LogP contribution in [0.4, 0.5) is 5.95 Å². The molecule has 0 spiro atoms. The summed E-state index contributed by atoms with van der Waals surface area (Å²) >= 11 is 0. The van der Waals surface area contributed by atoms with Crippen LogP contribution < -0.4 is 15.2 Å². The Kier molecular flexibility index (Phi) is 3.25. The molecule has 0 fully saturated rings. The first-order valence-corrected chi connectivity index (χ1v) is 7.45. The Labute approximate surface area is 133 Å². The first-order valence-electron chi connectivity index (χ1n) is 7.45. The van der Waals surface area contributed by atoms with E-state index < -0.39 is 0 Å². The van der Waals surface area contributed by atoms with Gasteiger partial charge in [0, 0.05) is 12.7 Å². The van der Waals surface area contributed by atoms with Crippen LogP contribution in [-0.4, -0.2) is 34.1 Å². The zero-order valence-electron chi connectivity index (χ0n) is 12.5. The summed E-state index contributed by atoms with van der Waals surface area (Å²) in [6.45, 7) is 1.38. The Morgan fingerprint density at radius 1 is 1.30 bits per heavy atom. The highest BCUT2D eigenvalue weighted by Gasteiger charge is 2.23. The van der Waals surface area contributed by atoms with E-state index in [1.807, 2.05) is 18.2 Å². The number of carbonyl (C=O) groups excluding carboxylic acids is 1. The molecule has 4 rings (SSSR count). The van der Waals surface area contributed by atoms with Gasteiger partial charge < -0.3 is 20.1 Å². The Bertz CT molecular complexity index is 778. The van der Waals surface area contributed by atoms with Crippen LogP contribution in [0.5, 0.6) is 11.5 Å². The predicted octanol–water partition coefficient (Wildman–Crippen LogP) is 0.915. The van der Waals surface area contributed by atoms with E-state index >= 15 is 0 Å². The number of carbonyl (C=O) groups is 1. The second-order valence-corrected chi connectivity index (χ2v) is 5.63. The molecular weight excluding hydrogens is 296 g/mol. The van der Waals surface area contributed by atoms with Crippen molar-refractivity contribution in [3.8, 4) is 11.5 Å². The molecule has 0 saturated heterocycles. The van der Waals surface area contributed by atoms with E-state index in [9.17, 15) is 4.79 Å². The van der Waals surface area contributed by atoms with Crippen LogP contribution in [0.2, 0.25) is 0 Å². The summed E-state index contributed by atoms with van der Waals surface area (Å²) in [5, 5.41) is 0. The van der Waals surface area contributed by atoms with Crippen molar-refractivity contribution in [2.24, 2.45) is 0 Å². The van der Waals surface area contributed by atoms with Gasteiger partial charge in [0.25, 0.3) is 0 Å². The summed E-state index contributed by atoms with van der Waals surface area (Å²) in [6.07, 6.45) is 2.83. The van der Waals surface area contributed by atoms with Gasteiger partial charge in [0.05, 0.1) is 18.7 Å². The van der Waals surface area contributed by atoms with Crippen molar-refractivity contribution in [1.29, 1.82) is 0 Å². The second-order valence-electron chi connectivity index (χ2n) is 5.63. The largest absolute Gasteiger partial charge is 0.454 e. The maximum absolute atomic E-state index is 12.5. The lowest BCUT2D eigenvalue weighted by atomic mass is 10.1. The summed E-state index contributed by atoms with van der Waals surface area (Å²) in [5.41, 5.74) is 8.43. The van der Waals surface area contributed by atoms with E-state index in [1.54, 1.807) is 11.1 Å². The molecule has 0 unspecified atom stereocenters. The number of rotatable bonds is 2. The highest BCUT2D eigenvalue weighted by molar-refractivity contribution is 5.79. The second kappa shape index (κ2) is 5.42. The fraction of sp³-hybridized carbons (Fsp3) is 0.312. The number of ether oxygens (including phenoxy) is 2. The van der Waals surface area contributed by atoms with E-state index in [2.05, 4.69) is 9.97 Å². The van der Waals surface area contributed by atoms with Crippen LogP contribution >= 0.6 is 0 Å². The van der Waals surface area contributed by atoms with Gasteiger partial charge in [-0.05, 0) is 29.7 Å². The zero-order chi connectivity index (χ0) is 15.8. The maximum Gasteiger partial charge on any atom is 0.231 e. The Morgan fingerprint density at radius 2 is 2.17 bits per heavy atom. The lowest BCUT2D eigenvalue weighted by Gasteiger charge is -2.28. The lowest BCUT2D eigenvalue weighted by molar-refractivity contribution is -0.131. The first kappa shape index (κ1) is 13.8. The number of benzene rings is 1. The summed E-state index contributed by atoms with van der Waals surface area (Å²) < 4.78 is 10.6. The van der Waals surface area contributed by atoms with Gasteiger partial charge in [-0.15, -0.1) is 0 Å². The molecule has 0 bridgehead atoms.